The highest BCUT2D eigenvalue weighted by atomic mass is 16.4. The number of hydrogen-bond donors (Lipinski definition) is 1. The molecule has 0 bridgehead atoms. The number of rotatable bonds is 16. The van der Waals surface area contributed by atoms with Gasteiger partial charge in [0.1, 0.15) is 16.9 Å². The maximum Gasteiger partial charge on any atom is 0.351 e. The second-order valence-corrected chi connectivity index (χ2v) is 8.37. The van der Waals surface area contributed by atoms with E-state index in [1.54, 1.807) is 24.3 Å². The molecule has 4 nitrogen and oxygen atoms in total. The van der Waals surface area contributed by atoms with Gasteiger partial charge in [0.25, 0.3) is 0 Å². The summed E-state index contributed by atoms with van der Waals surface area (Å²) in [6.45, 7) is 2.25. The van der Waals surface area contributed by atoms with Crippen LogP contribution in [0.4, 0.5) is 0 Å². The highest BCUT2D eigenvalue weighted by Gasteiger charge is 2.20. The molecular weight excluding hydrogens is 388 g/mol. The standard InChI is InChI=1S/C27H38O4/c1-2-3-4-5-6-7-8-9-10-11-12-13-14-15-16-20-23(28)25-26(29)22-19-17-18-21-24(22)31-27(25)30/h9-10,17-19,21,29H,2-8,11-16,20H2,1H3/b10-9-. The van der Waals surface area contributed by atoms with E-state index < -0.39 is 5.63 Å². The Hall–Kier alpha value is -2.36. The van der Waals surface area contributed by atoms with Gasteiger partial charge in [0.05, 0.1) is 5.39 Å². The van der Waals surface area contributed by atoms with Gasteiger partial charge in [0.2, 0.25) is 0 Å². The van der Waals surface area contributed by atoms with Crippen LogP contribution < -0.4 is 5.63 Å². The van der Waals surface area contributed by atoms with E-state index in [2.05, 4.69) is 19.1 Å². The largest absolute Gasteiger partial charge is 0.506 e. The summed E-state index contributed by atoms with van der Waals surface area (Å²) in [5.74, 6) is -0.598. The van der Waals surface area contributed by atoms with Gasteiger partial charge < -0.3 is 9.52 Å². The number of carbonyl (C=O) groups is 1. The van der Waals surface area contributed by atoms with E-state index in [-0.39, 0.29) is 23.5 Å². The smallest absolute Gasteiger partial charge is 0.351 e. The van der Waals surface area contributed by atoms with Crippen molar-refractivity contribution in [2.75, 3.05) is 0 Å². The molecule has 0 aliphatic heterocycles. The average Bonchev–Trinajstić information content (AvgIpc) is 2.76. The van der Waals surface area contributed by atoms with Crippen LogP contribution in [-0.4, -0.2) is 10.9 Å². The number of ketones is 1. The van der Waals surface area contributed by atoms with Gasteiger partial charge in [-0.2, -0.15) is 0 Å². The molecule has 0 atom stereocenters. The van der Waals surface area contributed by atoms with Crippen molar-refractivity contribution in [2.24, 2.45) is 0 Å². The number of para-hydroxylation sites is 1. The zero-order valence-corrected chi connectivity index (χ0v) is 19.0. The van der Waals surface area contributed by atoms with Gasteiger partial charge in [-0.25, -0.2) is 4.79 Å². The first kappa shape index (κ1) is 24.9. The van der Waals surface area contributed by atoms with Crippen molar-refractivity contribution < 1.29 is 14.3 Å². The summed E-state index contributed by atoms with van der Waals surface area (Å²) in [7, 11) is 0. The fourth-order valence-corrected chi connectivity index (χ4v) is 3.86. The summed E-state index contributed by atoms with van der Waals surface area (Å²) in [6.07, 6.45) is 20.4. The highest BCUT2D eigenvalue weighted by molar-refractivity contribution is 6.02. The summed E-state index contributed by atoms with van der Waals surface area (Å²) < 4.78 is 5.18. The van der Waals surface area contributed by atoms with Crippen molar-refractivity contribution in [3.63, 3.8) is 0 Å². The monoisotopic (exact) mass is 426 g/mol. The molecule has 31 heavy (non-hydrogen) atoms. The summed E-state index contributed by atoms with van der Waals surface area (Å²) >= 11 is 0. The number of carbonyl (C=O) groups excluding carboxylic acids is 1. The lowest BCUT2D eigenvalue weighted by Crippen LogP contribution is -2.14. The minimum atomic E-state index is -0.756. The minimum Gasteiger partial charge on any atom is -0.506 e. The van der Waals surface area contributed by atoms with Crippen molar-refractivity contribution in [3.05, 3.63) is 52.4 Å². The Morgan fingerprint density at radius 3 is 2.13 bits per heavy atom. The normalized spacial score (nSPS) is 11.5. The van der Waals surface area contributed by atoms with Gasteiger partial charge in [-0.15, -0.1) is 0 Å². The van der Waals surface area contributed by atoms with Gasteiger partial charge in [0, 0.05) is 6.42 Å². The van der Waals surface area contributed by atoms with Crippen molar-refractivity contribution in [3.8, 4) is 5.75 Å². The maximum atomic E-state index is 12.4. The first-order chi connectivity index (χ1) is 15.1. The van der Waals surface area contributed by atoms with Gasteiger partial charge in [-0.05, 0) is 44.2 Å². The van der Waals surface area contributed by atoms with E-state index in [9.17, 15) is 14.7 Å². The molecule has 1 N–H and O–H groups in total. The van der Waals surface area contributed by atoms with Gasteiger partial charge in [-0.3, -0.25) is 4.79 Å². The van der Waals surface area contributed by atoms with Crippen molar-refractivity contribution in [1.29, 1.82) is 0 Å². The molecule has 1 heterocycles. The number of fused-ring (bicyclic) bond motifs is 1. The maximum absolute atomic E-state index is 12.4. The van der Waals surface area contributed by atoms with E-state index in [4.69, 9.17) is 4.42 Å². The first-order valence-corrected chi connectivity index (χ1v) is 12.1. The van der Waals surface area contributed by atoms with Crippen LogP contribution in [0.25, 0.3) is 11.0 Å². The molecule has 0 radical (unpaired) electrons. The molecule has 170 valence electrons. The molecule has 1 aromatic heterocycles. The molecule has 2 rings (SSSR count). The van der Waals surface area contributed by atoms with Crippen molar-refractivity contribution in [1.82, 2.24) is 0 Å². The fraction of sp³-hybridized carbons (Fsp3) is 0.556. The number of unbranched alkanes of at least 4 members (excludes halogenated alkanes) is 11. The van der Waals surface area contributed by atoms with Gasteiger partial charge in [-0.1, -0.05) is 82.6 Å². The molecule has 0 spiro atoms. The zero-order valence-electron chi connectivity index (χ0n) is 19.0. The third kappa shape index (κ3) is 8.72. The van der Waals surface area contributed by atoms with E-state index >= 15 is 0 Å². The second-order valence-electron chi connectivity index (χ2n) is 8.37. The molecule has 0 saturated carbocycles. The summed E-state index contributed by atoms with van der Waals surface area (Å²) in [5.41, 5.74) is -0.675. The molecule has 2 aromatic rings. The van der Waals surface area contributed by atoms with Crippen molar-refractivity contribution >= 4 is 16.8 Å². The topological polar surface area (TPSA) is 67.5 Å². The predicted octanol–water partition coefficient (Wildman–Crippen LogP) is 7.72. The van der Waals surface area contributed by atoms with Crippen LogP contribution in [0, 0.1) is 0 Å². The number of hydrogen-bond acceptors (Lipinski definition) is 4. The van der Waals surface area contributed by atoms with Crippen LogP contribution in [0.5, 0.6) is 5.75 Å². The second kappa shape index (κ2) is 14.6. The van der Waals surface area contributed by atoms with Gasteiger partial charge in [0.15, 0.2) is 5.78 Å². The molecule has 4 heteroatoms. The Labute approximate surface area is 186 Å². The molecule has 0 saturated heterocycles. The Balaban J connectivity index is 1.56. The molecule has 0 aliphatic rings. The quantitative estimate of drug-likeness (QED) is 0.129. The van der Waals surface area contributed by atoms with Crippen LogP contribution in [0.15, 0.2) is 45.6 Å². The molecule has 0 amide bonds. The minimum absolute atomic E-state index is 0.214. The van der Waals surface area contributed by atoms with Crippen LogP contribution in [-0.2, 0) is 0 Å². The van der Waals surface area contributed by atoms with Crippen LogP contribution in [0.2, 0.25) is 0 Å². The Morgan fingerprint density at radius 1 is 0.871 bits per heavy atom. The molecule has 0 aliphatic carbocycles. The van der Waals surface area contributed by atoms with E-state index in [1.807, 2.05) is 0 Å². The Kier molecular flexibility index (Phi) is 11.7. The van der Waals surface area contributed by atoms with E-state index in [1.165, 1.54) is 51.4 Å². The third-order valence-corrected chi connectivity index (χ3v) is 5.73. The molecule has 0 fully saturated rings. The lowest BCUT2D eigenvalue weighted by molar-refractivity contribution is 0.0973. The van der Waals surface area contributed by atoms with Crippen LogP contribution >= 0.6 is 0 Å². The van der Waals surface area contributed by atoms with Crippen LogP contribution in [0.1, 0.15) is 107 Å². The lowest BCUT2D eigenvalue weighted by atomic mass is 10.0. The number of allylic oxidation sites excluding steroid dienone is 2. The number of aromatic hydroxyl groups is 1. The summed E-state index contributed by atoms with van der Waals surface area (Å²) in [5, 5.41) is 10.7. The SMILES string of the molecule is CCCCCCCC/C=C\CCCCCCCC(=O)c1c(O)c2ccccc2oc1=O. The molecular formula is C27H38O4. The van der Waals surface area contributed by atoms with E-state index in [0.29, 0.717) is 11.0 Å². The molecule has 0 unspecified atom stereocenters. The number of benzene rings is 1. The predicted molar refractivity (Wildman–Crippen MR) is 128 cm³/mol. The zero-order chi connectivity index (χ0) is 22.3. The highest BCUT2D eigenvalue weighted by Crippen LogP contribution is 2.27. The summed E-state index contributed by atoms with van der Waals surface area (Å²) in [6, 6.07) is 6.71. The third-order valence-electron chi connectivity index (χ3n) is 5.73. The Morgan fingerprint density at radius 2 is 1.45 bits per heavy atom. The fourth-order valence-electron chi connectivity index (χ4n) is 3.86. The van der Waals surface area contributed by atoms with Crippen molar-refractivity contribution in [2.45, 2.75) is 96.8 Å². The van der Waals surface area contributed by atoms with Gasteiger partial charge >= 0.3 is 5.63 Å². The lowest BCUT2D eigenvalue weighted by Gasteiger charge is -2.05. The first-order valence-electron chi connectivity index (χ1n) is 12.1. The summed E-state index contributed by atoms with van der Waals surface area (Å²) in [4.78, 5) is 24.5. The van der Waals surface area contributed by atoms with E-state index in [0.717, 1.165) is 32.1 Å². The average molecular weight is 427 g/mol. The van der Waals surface area contributed by atoms with Crippen LogP contribution in [0.3, 0.4) is 0 Å². The number of Topliss-reactive ketones (excluding diaryl/α,β-unsaturated/α-hetero) is 1. The Bertz CT molecular complexity index is 878. The molecule has 1 aromatic carbocycles.